The van der Waals surface area contributed by atoms with Gasteiger partial charge in [-0.05, 0) is 51.5 Å². The first-order chi connectivity index (χ1) is 10.8. The molecule has 1 atom stereocenters. The van der Waals surface area contributed by atoms with Crippen LogP contribution in [0.2, 0.25) is 0 Å². The topological polar surface area (TPSA) is 65.5 Å². The van der Waals surface area contributed by atoms with Gasteiger partial charge in [0.15, 0.2) is 0 Å². The lowest BCUT2D eigenvalue weighted by Gasteiger charge is -2.27. The third-order valence-corrected chi connectivity index (χ3v) is 4.12. The van der Waals surface area contributed by atoms with Gasteiger partial charge in [-0.1, -0.05) is 0 Å². The van der Waals surface area contributed by atoms with E-state index in [-0.39, 0.29) is 12.5 Å². The Hall–Kier alpha value is -1.76. The average Bonchev–Trinajstić information content (AvgIpc) is 2.97. The first-order valence-electron chi connectivity index (χ1n) is 7.44. The van der Waals surface area contributed by atoms with Crippen LogP contribution < -0.4 is 5.32 Å². The molecular weight excluding hydrogens is 310 g/mol. The van der Waals surface area contributed by atoms with Crippen LogP contribution in [0.4, 0.5) is 0 Å². The molecule has 0 spiro atoms. The standard InChI is InChI=1S/C17H23N3O2S/c1-12-14(5-6-15(19-12)13-7-8-23-9-13)16(21)18-10-17(2,22)11-20(3)4/h5-9,22H,10-11H2,1-4H3,(H,18,21). The molecule has 0 fully saturated rings. The number of likely N-dealkylation sites (N-methyl/N-ethyl adjacent to an activating group) is 1. The van der Waals surface area contributed by atoms with Gasteiger partial charge in [-0.25, -0.2) is 0 Å². The summed E-state index contributed by atoms with van der Waals surface area (Å²) in [6.45, 7) is 4.19. The van der Waals surface area contributed by atoms with Gasteiger partial charge in [0.25, 0.3) is 5.91 Å². The Labute approximate surface area is 141 Å². The molecular formula is C17H23N3O2S. The molecule has 0 aromatic carbocycles. The summed E-state index contributed by atoms with van der Waals surface area (Å²) in [6.07, 6.45) is 0. The largest absolute Gasteiger partial charge is 0.387 e. The van der Waals surface area contributed by atoms with Crippen molar-refractivity contribution >= 4 is 17.2 Å². The number of nitrogens with one attached hydrogen (secondary N) is 1. The molecule has 0 bridgehead atoms. The highest BCUT2D eigenvalue weighted by Gasteiger charge is 2.23. The number of pyridine rings is 1. The smallest absolute Gasteiger partial charge is 0.253 e. The fourth-order valence-corrected chi connectivity index (χ4v) is 3.12. The van der Waals surface area contributed by atoms with Gasteiger partial charge in [0, 0.05) is 24.0 Å². The van der Waals surface area contributed by atoms with Gasteiger partial charge in [0.1, 0.15) is 0 Å². The van der Waals surface area contributed by atoms with Crippen LogP contribution in [0, 0.1) is 6.92 Å². The van der Waals surface area contributed by atoms with E-state index < -0.39 is 5.60 Å². The molecule has 1 unspecified atom stereocenters. The second-order valence-corrected chi connectivity index (χ2v) is 7.04. The van der Waals surface area contributed by atoms with Crippen LogP contribution in [0.15, 0.2) is 29.0 Å². The minimum absolute atomic E-state index is 0.190. The molecule has 0 saturated heterocycles. The van der Waals surface area contributed by atoms with Crippen molar-refractivity contribution in [3.63, 3.8) is 0 Å². The highest BCUT2D eigenvalue weighted by Crippen LogP contribution is 2.21. The molecule has 5 nitrogen and oxygen atoms in total. The number of amides is 1. The van der Waals surface area contributed by atoms with E-state index in [1.165, 1.54) is 0 Å². The van der Waals surface area contributed by atoms with Crippen molar-refractivity contribution < 1.29 is 9.90 Å². The fourth-order valence-electron chi connectivity index (χ4n) is 2.48. The molecule has 2 aromatic rings. The van der Waals surface area contributed by atoms with Gasteiger partial charge in [0.2, 0.25) is 0 Å². The number of aryl methyl sites for hydroxylation is 1. The van der Waals surface area contributed by atoms with E-state index >= 15 is 0 Å². The number of rotatable bonds is 6. The number of hydrogen-bond acceptors (Lipinski definition) is 5. The normalized spacial score (nSPS) is 13.8. The lowest BCUT2D eigenvalue weighted by Crippen LogP contribution is -2.47. The summed E-state index contributed by atoms with van der Waals surface area (Å²) in [4.78, 5) is 18.7. The summed E-state index contributed by atoms with van der Waals surface area (Å²) >= 11 is 1.62. The minimum atomic E-state index is -0.975. The molecule has 23 heavy (non-hydrogen) atoms. The zero-order valence-corrected chi connectivity index (χ0v) is 14.8. The summed E-state index contributed by atoms with van der Waals surface area (Å²) in [6, 6.07) is 5.64. The zero-order valence-electron chi connectivity index (χ0n) is 14.0. The Bertz CT molecular complexity index is 666. The highest BCUT2D eigenvalue weighted by atomic mass is 32.1. The molecule has 2 aromatic heterocycles. The molecule has 0 aliphatic carbocycles. The Morgan fingerprint density at radius 2 is 2.13 bits per heavy atom. The number of carbonyl (C=O) groups is 1. The number of aromatic nitrogens is 1. The van der Waals surface area contributed by atoms with Gasteiger partial charge < -0.3 is 15.3 Å². The van der Waals surface area contributed by atoms with Crippen LogP contribution in [0.25, 0.3) is 11.3 Å². The van der Waals surface area contributed by atoms with E-state index in [0.29, 0.717) is 17.8 Å². The van der Waals surface area contributed by atoms with Gasteiger partial charge in [-0.15, -0.1) is 0 Å². The lowest BCUT2D eigenvalue weighted by atomic mass is 10.1. The quantitative estimate of drug-likeness (QED) is 0.850. The predicted octanol–water partition coefficient (Wildman–Crippen LogP) is 2.16. The van der Waals surface area contributed by atoms with Crippen LogP contribution in [0.3, 0.4) is 0 Å². The Morgan fingerprint density at radius 1 is 1.39 bits per heavy atom. The van der Waals surface area contributed by atoms with Crippen LogP contribution in [0.1, 0.15) is 23.0 Å². The third-order valence-electron chi connectivity index (χ3n) is 3.43. The fraction of sp³-hybridized carbons (Fsp3) is 0.412. The third kappa shape index (κ3) is 4.86. The molecule has 1 amide bonds. The number of hydrogen-bond donors (Lipinski definition) is 2. The Kier molecular flexibility index (Phi) is 5.51. The molecule has 2 rings (SSSR count). The molecule has 0 aliphatic rings. The van der Waals surface area contributed by atoms with Crippen molar-refractivity contribution in [3.8, 4) is 11.3 Å². The summed E-state index contributed by atoms with van der Waals surface area (Å²) < 4.78 is 0. The first kappa shape index (κ1) is 17.6. The maximum atomic E-state index is 12.3. The number of carbonyl (C=O) groups excluding carboxylic acids is 1. The summed E-state index contributed by atoms with van der Waals surface area (Å²) in [5.41, 5.74) is 2.15. The molecule has 124 valence electrons. The van der Waals surface area contributed by atoms with Crippen molar-refractivity contribution in [3.05, 3.63) is 40.2 Å². The Morgan fingerprint density at radius 3 is 2.70 bits per heavy atom. The van der Waals surface area contributed by atoms with Gasteiger partial charge >= 0.3 is 0 Å². The SMILES string of the molecule is Cc1nc(-c2ccsc2)ccc1C(=O)NCC(C)(O)CN(C)C. The molecule has 0 radical (unpaired) electrons. The van der Waals surface area contributed by atoms with Crippen LogP contribution in [0.5, 0.6) is 0 Å². The maximum Gasteiger partial charge on any atom is 0.253 e. The van der Waals surface area contributed by atoms with E-state index in [9.17, 15) is 9.90 Å². The van der Waals surface area contributed by atoms with E-state index in [2.05, 4.69) is 10.3 Å². The summed E-state index contributed by atoms with van der Waals surface area (Å²) in [5, 5.41) is 17.1. The number of nitrogens with zero attached hydrogens (tertiary/aromatic N) is 2. The highest BCUT2D eigenvalue weighted by molar-refractivity contribution is 7.08. The van der Waals surface area contributed by atoms with Gasteiger partial charge in [0.05, 0.1) is 22.6 Å². The van der Waals surface area contributed by atoms with Crippen molar-refractivity contribution in [1.29, 1.82) is 0 Å². The second kappa shape index (κ2) is 7.21. The first-order valence-corrected chi connectivity index (χ1v) is 8.38. The average molecular weight is 333 g/mol. The van der Waals surface area contributed by atoms with Crippen LogP contribution >= 0.6 is 11.3 Å². The van der Waals surface area contributed by atoms with Crippen molar-refractivity contribution in [1.82, 2.24) is 15.2 Å². The molecule has 2 heterocycles. The van der Waals surface area contributed by atoms with E-state index in [1.54, 1.807) is 24.3 Å². The monoisotopic (exact) mass is 333 g/mol. The number of aliphatic hydroxyl groups is 1. The predicted molar refractivity (Wildman–Crippen MR) is 93.8 cm³/mol. The van der Waals surface area contributed by atoms with Crippen molar-refractivity contribution in [2.24, 2.45) is 0 Å². The van der Waals surface area contributed by atoms with E-state index in [4.69, 9.17) is 0 Å². The lowest BCUT2D eigenvalue weighted by molar-refractivity contribution is 0.0325. The number of thiophene rings is 1. The summed E-state index contributed by atoms with van der Waals surface area (Å²) in [7, 11) is 3.76. The second-order valence-electron chi connectivity index (χ2n) is 6.26. The minimum Gasteiger partial charge on any atom is -0.387 e. The van der Waals surface area contributed by atoms with Crippen LogP contribution in [-0.2, 0) is 0 Å². The van der Waals surface area contributed by atoms with Crippen molar-refractivity contribution in [2.45, 2.75) is 19.4 Å². The molecule has 0 saturated carbocycles. The van der Waals surface area contributed by atoms with Crippen LogP contribution in [-0.4, -0.2) is 53.7 Å². The van der Waals surface area contributed by atoms with E-state index in [1.807, 2.05) is 48.8 Å². The molecule has 2 N–H and O–H groups in total. The van der Waals surface area contributed by atoms with Gasteiger partial charge in [-0.2, -0.15) is 11.3 Å². The van der Waals surface area contributed by atoms with Crippen molar-refractivity contribution in [2.75, 3.05) is 27.2 Å². The zero-order chi connectivity index (χ0) is 17.0. The Balaban J connectivity index is 2.05. The molecule has 6 heteroatoms. The van der Waals surface area contributed by atoms with Gasteiger partial charge in [-0.3, -0.25) is 9.78 Å². The maximum absolute atomic E-state index is 12.3. The molecule has 0 aliphatic heterocycles. The summed E-state index contributed by atoms with van der Waals surface area (Å²) in [5.74, 6) is -0.217. The van der Waals surface area contributed by atoms with E-state index in [0.717, 1.165) is 11.3 Å².